The van der Waals surface area contributed by atoms with Crippen LogP contribution in [0.2, 0.25) is 0 Å². The van der Waals surface area contributed by atoms with Gasteiger partial charge in [-0.25, -0.2) is 0 Å². The molecule has 1 aromatic carbocycles. The van der Waals surface area contributed by atoms with Gasteiger partial charge in [-0.05, 0) is 30.4 Å². The number of unbranched alkanes of at least 4 members (excludes halogenated alkanes) is 1. The van der Waals surface area contributed by atoms with Crippen LogP contribution < -0.4 is 0 Å². The first-order chi connectivity index (χ1) is 7.75. The van der Waals surface area contributed by atoms with Gasteiger partial charge in [-0.3, -0.25) is 4.79 Å². The lowest BCUT2D eigenvalue weighted by Gasteiger charge is -2.12. The predicted molar refractivity (Wildman–Crippen MR) is 69.1 cm³/mol. The van der Waals surface area contributed by atoms with Gasteiger partial charge in [0.1, 0.15) is 0 Å². The van der Waals surface area contributed by atoms with Gasteiger partial charge in [-0.1, -0.05) is 36.8 Å². The Morgan fingerprint density at radius 3 is 2.56 bits per heavy atom. The van der Waals surface area contributed by atoms with E-state index in [2.05, 4.69) is 6.26 Å². The quantitative estimate of drug-likeness (QED) is 0.740. The summed E-state index contributed by atoms with van der Waals surface area (Å²) in [7, 11) is 0. The van der Waals surface area contributed by atoms with Gasteiger partial charge in [0.25, 0.3) is 0 Å². The lowest BCUT2D eigenvalue weighted by molar-refractivity contribution is -0.139. The monoisotopic (exact) mass is 238 g/mol. The van der Waals surface area contributed by atoms with Crippen LogP contribution in [0.25, 0.3) is 0 Å². The third kappa shape index (κ3) is 4.27. The molecule has 1 atom stereocenters. The Kier molecular flexibility index (Phi) is 6.01. The molecule has 0 spiro atoms. The Hall–Kier alpha value is -0.960. The summed E-state index contributed by atoms with van der Waals surface area (Å²) in [5.74, 6) is 0.0552. The van der Waals surface area contributed by atoms with Crippen LogP contribution in [0.4, 0.5) is 0 Å². The summed E-state index contributed by atoms with van der Waals surface area (Å²) in [6.07, 6.45) is 4.89. The number of carboxylic acid groups (broad SMARTS) is 1. The maximum atomic E-state index is 11.2. The molecule has 2 nitrogen and oxygen atoms in total. The molecule has 0 aliphatic carbocycles. The standard InChI is InChI=1S/C13H18O2S/c1-16-10-6-5-9-12(13(14)15)11-7-3-2-4-8-11/h2-4,7-8,12H,5-6,9-10H2,1H3,(H,14,15)/t12-/m0/s1. The van der Waals surface area contributed by atoms with Crippen molar-refractivity contribution in [1.82, 2.24) is 0 Å². The molecule has 0 bridgehead atoms. The fourth-order valence-corrected chi connectivity index (χ4v) is 2.21. The van der Waals surface area contributed by atoms with E-state index >= 15 is 0 Å². The Balaban J connectivity index is 2.52. The first-order valence-corrected chi connectivity index (χ1v) is 6.91. The fourth-order valence-electron chi connectivity index (χ4n) is 1.71. The highest BCUT2D eigenvalue weighted by molar-refractivity contribution is 7.98. The second kappa shape index (κ2) is 7.34. The van der Waals surface area contributed by atoms with Crippen molar-refractivity contribution < 1.29 is 9.90 Å². The van der Waals surface area contributed by atoms with Crippen LogP contribution in [0, 0.1) is 0 Å². The lowest BCUT2D eigenvalue weighted by Crippen LogP contribution is -2.11. The van der Waals surface area contributed by atoms with Gasteiger partial charge in [-0.2, -0.15) is 11.8 Å². The predicted octanol–water partition coefficient (Wildman–Crippen LogP) is 3.39. The third-order valence-corrected chi connectivity index (χ3v) is 3.29. The van der Waals surface area contributed by atoms with Crippen LogP contribution in [0.1, 0.15) is 30.7 Å². The molecule has 1 rings (SSSR count). The molecule has 1 aromatic rings. The van der Waals surface area contributed by atoms with Gasteiger partial charge in [0.15, 0.2) is 0 Å². The van der Waals surface area contributed by atoms with Crippen LogP contribution in [0.3, 0.4) is 0 Å². The van der Waals surface area contributed by atoms with E-state index in [-0.39, 0.29) is 5.92 Å². The number of benzene rings is 1. The van der Waals surface area contributed by atoms with Gasteiger partial charge >= 0.3 is 5.97 Å². The number of carboxylic acids is 1. The average molecular weight is 238 g/mol. The molecule has 0 aliphatic rings. The molecule has 0 saturated heterocycles. The average Bonchev–Trinajstić information content (AvgIpc) is 2.30. The minimum atomic E-state index is -0.713. The van der Waals surface area contributed by atoms with Crippen molar-refractivity contribution in [3.05, 3.63) is 35.9 Å². The Morgan fingerprint density at radius 2 is 2.00 bits per heavy atom. The summed E-state index contributed by atoms with van der Waals surface area (Å²) < 4.78 is 0. The zero-order chi connectivity index (χ0) is 11.8. The molecule has 0 amide bonds. The van der Waals surface area contributed by atoms with Crippen molar-refractivity contribution in [2.75, 3.05) is 12.0 Å². The molecule has 0 radical (unpaired) electrons. The Bertz CT molecular complexity index is 311. The van der Waals surface area contributed by atoms with E-state index in [1.54, 1.807) is 0 Å². The number of carbonyl (C=O) groups is 1. The van der Waals surface area contributed by atoms with Gasteiger partial charge in [0.05, 0.1) is 5.92 Å². The molecule has 1 N–H and O–H groups in total. The minimum Gasteiger partial charge on any atom is -0.481 e. The van der Waals surface area contributed by atoms with Crippen molar-refractivity contribution in [3.8, 4) is 0 Å². The SMILES string of the molecule is CSCCCC[C@H](C(=O)O)c1ccccc1. The number of rotatable bonds is 7. The second-order valence-corrected chi connectivity index (χ2v) is 4.78. The molecular formula is C13H18O2S. The number of hydrogen-bond acceptors (Lipinski definition) is 2. The van der Waals surface area contributed by atoms with E-state index in [0.717, 1.165) is 30.6 Å². The molecule has 0 unspecified atom stereocenters. The smallest absolute Gasteiger partial charge is 0.310 e. The Morgan fingerprint density at radius 1 is 1.31 bits per heavy atom. The van der Waals surface area contributed by atoms with E-state index in [9.17, 15) is 9.90 Å². The van der Waals surface area contributed by atoms with Crippen LogP contribution in [-0.2, 0) is 4.79 Å². The van der Waals surface area contributed by atoms with Crippen molar-refractivity contribution in [2.45, 2.75) is 25.2 Å². The van der Waals surface area contributed by atoms with E-state index in [1.807, 2.05) is 42.1 Å². The fraction of sp³-hybridized carbons (Fsp3) is 0.462. The number of aliphatic carboxylic acids is 1. The van der Waals surface area contributed by atoms with Gasteiger partial charge < -0.3 is 5.11 Å². The third-order valence-electron chi connectivity index (χ3n) is 2.59. The van der Waals surface area contributed by atoms with Crippen molar-refractivity contribution in [3.63, 3.8) is 0 Å². The van der Waals surface area contributed by atoms with E-state index in [1.165, 1.54) is 0 Å². The summed E-state index contributed by atoms with van der Waals surface area (Å²) in [4.78, 5) is 11.2. The highest BCUT2D eigenvalue weighted by Crippen LogP contribution is 2.22. The largest absolute Gasteiger partial charge is 0.481 e. The lowest BCUT2D eigenvalue weighted by atomic mass is 9.94. The maximum Gasteiger partial charge on any atom is 0.310 e. The summed E-state index contributed by atoms with van der Waals surface area (Å²) in [5, 5.41) is 9.18. The highest BCUT2D eigenvalue weighted by Gasteiger charge is 2.18. The highest BCUT2D eigenvalue weighted by atomic mass is 32.2. The second-order valence-electron chi connectivity index (χ2n) is 3.79. The van der Waals surface area contributed by atoms with Gasteiger partial charge in [0, 0.05) is 0 Å². The molecule has 88 valence electrons. The molecule has 3 heteroatoms. The van der Waals surface area contributed by atoms with E-state index in [0.29, 0.717) is 0 Å². The van der Waals surface area contributed by atoms with Crippen LogP contribution in [0.15, 0.2) is 30.3 Å². The molecule has 0 aliphatic heterocycles. The topological polar surface area (TPSA) is 37.3 Å². The van der Waals surface area contributed by atoms with Crippen molar-refractivity contribution in [1.29, 1.82) is 0 Å². The van der Waals surface area contributed by atoms with Crippen molar-refractivity contribution in [2.24, 2.45) is 0 Å². The van der Waals surface area contributed by atoms with E-state index < -0.39 is 5.97 Å². The van der Waals surface area contributed by atoms with Gasteiger partial charge in [0.2, 0.25) is 0 Å². The van der Waals surface area contributed by atoms with Crippen molar-refractivity contribution >= 4 is 17.7 Å². The minimum absolute atomic E-state index is 0.344. The van der Waals surface area contributed by atoms with Gasteiger partial charge in [-0.15, -0.1) is 0 Å². The molecule has 0 fully saturated rings. The molecule has 16 heavy (non-hydrogen) atoms. The maximum absolute atomic E-state index is 11.2. The van der Waals surface area contributed by atoms with E-state index in [4.69, 9.17) is 0 Å². The molecule has 0 heterocycles. The molecule has 0 aromatic heterocycles. The Labute approximate surface area is 101 Å². The normalized spacial score (nSPS) is 12.3. The van der Waals surface area contributed by atoms with Crippen LogP contribution >= 0.6 is 11.8 Å². The molecule has 0 saturated carbocycles. The summed E-state index contributed by atoms with van der Waals surface area (Å²) in [6, 6.07) is 9.50. The van der Waals surface area contributed by atoms with Crippen LogP contribution in [-0.4, -0.2) is 23.1 Å². The number of hydrogen-bond donors (Lipinski definition) is 1. The summed E-state index contributed by atoms with van der Waals surface area (Å²) >= 11 is 1.81. The summed E-state index contributed by atoms with van der Waals surface area (Å²) in [5.41, 5.74) is 0.916. The number of thioether (sulfide) groups is 1. The summed E-state index contributed by atoms with van der Waals surface area (Å²) in [6.45, 7) is 0. The first-order valence-electron chi connectivity index (χ1n) is 5.52. The molecular weight excluding hydrogens is 220 g/mol. The zero-order valence-corrected chi connectivity index (χ0v) is 10.4. The van der Waals surface area contributed by atoms with Crippen LogP contribution in [0.5, 0.6) is 0 Å². The zero-order valence-electron chi connectivity index (χ0n) is 9.56. The first kappa shape index (κ1) is 13.1.